The number of nitrogens with two attached hydrogens (primary N) is 1. The molecule has 0 atom stereocenters. The topological polar surface area (TPSA) is 110 Å². The van der Waals surface area contributed by atoms with Crippen molar-refractivity contribution >= 4 is 11.4 Å². The monoisotopic (exact) mass is 345 g/mol. The van der Waals surface area contributed by atoms with Crippen molar-refractivity contribution in [3.05, 3.63) is 0 Å². The third-order valence-electron chi connectivity index (χ3n) is 3.26. The highest BCUT2D eigenvalue weighted by molar-refractivity contribution is 6.43. The van der Waals surface area contributed by atoms with Gasteiger partial charge in [-0.15, -0.1) is 0 Å². The summed E-state index contributed by atoms with van der Waals surface area (Å²) in [7, 11) is 0. The average Bonchev–Trinajstić information content (AvgIpc) is 2.59. The lowest BCUT2D eigenvalue weighted by Crippen LogP contribution is -2.27. The standard InChI is InChI=1S/C17H35N3O4/c1-2-3-5-8-19-16(14-23-12-10-21)17(15-24-13-11-22)20-9-6-4-7-18/h21-22H,2-15,18H2,1H3. The van der Waals surface area contributed by atoms with E-state index >= 15 is 0 Å². The fourth-order valence-corrected chi connectivity index (χ4v) is 1.95. The Bertz CT molecular complexity index is 304. The minimum Gasteiger partial charge on any atom is -0.394 e. The summed E-state index contributed by atoms with van der Waals surface area (Å²) in [4.78, 5) is 9.22. The zero-order valence-electron chi connectivity index (χ0n) is 15.1. The van der Waals surface area contributed by atoms with Gasteiger partial charge in [0.05, 0.1) is 51.1 Å². The molecule has 0 rings (SSSR count). The lowest BCUT2D eigenvalue weighted by Gasteiger charge is -2.12. The first-order chi connectivity index (χ1) is 11.8. The largest absolute Gasteiger partial charge is 0.394 e. The van der Waals surface area contributed by atoms with Crippen LogP contribution >= 0.6 is 0 Å². The van der Waals surface area contributed by atoms with Crippen molar-refractivity contribution < 1.29 is 19.7 Å². The van der Waals surface area contributed by atoms with E-state index in [9.17, 15) is 0 Å². The number of nitrogens with zero attached hydrogens (tertiary/aromatic N) is 2. The van der Waals surface area contributed by atoms with Gasteiger partial charge in [-0.1, -0.05) is 19.8 Å². The van der Waals surface area contributed by atoms with Crippen molar-refractivity contribution in [2.24, 2.45) is 15.7 Å². The number of unbranched alkanes of at least 4 members (excludes halogenated alkanes) is 3. The van der Waals surface area contributed by atoms with Gasteiger partial charge in [-0.05, 0) is 25.8 Å². The molecule has 0 radical (unpaired) electrons. The summed E-state index contributed by atoms with van der Waals surface area (Å²) in [5.74, 6) is 0. The molecule has 0 fully saturated rings. The van der Waals surface area contributed by atoms with E-state index in [0.29, 0.717) is 26.3 Å². The molecule has 0 aliphatic carbocycles. The number of rotatable bonds is 17. The molecule has 0 aromatic rings. The molecule has 0 saturated heterocycles. The van der Waals surface area contributed by atoms with E-state index in [4.69, 9.17) is 25.4 Å². The number of hydrogen-bond donors (Lipinski definition) is 3. The van der Waals surface area contributed by atoms with Crippen LogP contribution in [0.1, 0.15) is 39.0 Å². The minimum absolute atomic E-state index is 0.0207. The Hall–Kier alpha value is -0.860. The number of hydrogen-bond acceptors (Lipinski definition) is 7. The van der Waals surface area contributed by atoms with Crippen LogP contribution in [0.5, 0.6) is 0 Å². The molecule has 0 heterocycles. The summed E-state index contributed by atoms with van der Waals surface area (Å²) in [6.07, 6.45) is 5.15. The summed E-state index contributed by atoms with van der Waals surface area (Å²) < 4.78 is 10.9. The molecule has 7 nitrogen and oxygen atoms in total. The molecule has 0 aliphatic heterocycles. The quantitative estimate of drug-likeness (QED) is 0.267. The van der Waals surface area contributed by atoms with Crippen LogP contribution < -0.4 is 5.73 Å². The Morgan fingerprint density at radius 2 is 1.33 bits per heavy atom. The highest BCUT2D eigenvalue weighted by Crippen LogP contribution is 1.99. The van der Waals surface area contributed by atoms with Crippen LogP contribution in [0.25, 0.3) is 0 Å². The second-order valence-electron chi connectivity index (χ2n) is 5.41. The summed E-state index contributed by atoms with van der Waals surface area (Å²) in [5.41, 5.74) is 7.04. The number of aliphatic imine (C=N–C) groups is 2. The molecule has 0 unspecified atom stereocenters. The Morgan fingerprint density at radius 3 is 1.75 bits per heavy atom. The van der Waals surface area contributed by atoms with Gasteiger partial charge in [-0.2, -0.15) is 0 Å². The maximum absolute atomic E-state index is 8.88. The Balaban J connectivity index is 4.82. The van der Waals surface area contributed by atoms with Crippen LogP contribution in [-0.4, -0.2) is 80.9 Å². The van der Waals surface area contributed by atoms with Gasteiger partial charge in [0, 0.05) is 13.1 Å². The first-order valence-electron chi connectivity index (χ1n) is 8.94. The third kappa shape index (κ3) is 13.6. The molecule has 24 heavy (non-hydrogen) atoms. The molecule has 0 aliphatic rings. The highest BCUT2D eigenvalue weighted by atomic mass is 16.5. The van der Waals surface area contributed by atoms with Crippen molar-refractivity contribution in [2.45, 2.75) is 39.0 Å². The van der Waals surface area contributed by atoms with E-state index in [-0.39, 0.29) is 26.4 Å². The van der Waals surface area contributed by atoms with Crippen LogP contribution in [0.4, 0.5) is 0 Å². The van der Waals surface area contributed by atoms with Crippen LogP contribution in [0.3, 0.4) is 0 Å². The van der Waals surface area contributed by atoms with E-state index in [1.165, 1.54) is 0 Å². The number of aliphatic hydroxyl groups excluding tert-OH is 2. The molecule has 4 N–H and O–H groups in total. The summed E-state index contributed by atoms with van der Waals surface area (Å²) in [6, 6.07) is 0. The van der Waals surface area contributed by atoms with Gasteiger partial charge in [0.15, 0.2) is 0 Å². The van der Waals surface area contributed by atoms with Gasteiger partial charge in [-0.25, -0.2) is 0 Å². The van der Waals surface area contributed by atoms with Crippen molar-refractivity contribution in [3.63, 3.8) is 0 Å². The fraction of sp³-hybridized carbons (Fsp3) is 0.882. The Morgan fingerprint density at radius 1 is 0.833 bits per heavy atom. The van der Waals surface area contributed by atoms with E-state index in [0.717, 1.165) is 50.1 Å². The van der Waals surface area contributed by atoms with E-state index < -0.39 is 0 Å². The first kappa shape index (κ1) is 23.1. The van der Waals surface area contributed by atoms with Gasteiger partial charge in [-0.3, -0.25) is 9.98 Å². The predicted octanol–water partition coefficient (Wildman–Crippen LogP) is 0.815. The average molecular weight is 345 g/mol. The molecular weight excluding hydrogens is 310 g/mol. The van der Waals surface area contributed by atoms with Crippen molar-refractivity contribution in [3.8, 4) is 0 Å². The molecule has 142 valence electrons. The predicted molar refractivity (Wildman–Crippen MR) is 98.2 cm³/mol. The first-order valence-corrected chi connectivity index (χ1v) is 8.94. The van der Waals surface area contributed by atoms with E-state index in [2.05, 4.69) is 16.9 Å². The molecule has 7 heteroatoms. The van der Waals surface area contributed by atoms with E-state index in [1.807, 2.05) is 0 Å². The summed E-state index contributed by atoms with van der Waals surface area (Å²) in [6.45, 7) is 5.32. The van der Waals surface area contributed by atoms with Gasteiger partial charge in [0.25, 0.3) is 0 Å². The maximum Gasteiger partial charge on any atom is 0.0903 e. The summed E-state index contributed by atoms with van der Waals surface area (Å²) in [5, 5.41) is 17.8. The number of ether oxygens (including phenoxy) is 2. The normalized spacial score (nSPS) is 12.8. The second kappa shape index (κ2) is 18.5. The van der Waals surface area contributed by atoms with Gasteiger partial charge >= 0.3 is 0 Å². The molecule has 0 aromatic heterocycles. The zero-order valence-corrected chi connectivity index (χ0v) is 15.1. The molecule has 0 bridgehead atoms. The lowest BCUT2D eigenvalue weighted by atomic mass is 10.2. The molecular formula is C17H35N3O4. The smallest absolute Gasteiger partial charge is 0.0903 e. The molecule has 0 aromatic carbocycles. The van der Waals surface area contributed by atoms with Crippen LogP contribution in [0, 0.1) is 0 Å². The molecule has 0 saturated carbocycles. The van der Waals surface area contributed by atoms with Crippen LogP contribution in [0.2, 0.25) is 0 Å². The summed E-state index contributed by atoms with van der Waals surface area (Å²) >= 11 is 0. The number of aliphatic hydroxyl groups is 2. The van der Waals surface area contributed by atoms with Crippen LogP contribution in [-0.2, 0) is 9.47 Å². The van der Waals surface area contributed by atoms with Gasteiger partial charge in [0.2, 0.25) is 0 Å². The molecule has 0 amide bonds. The SMILES string of the molecule is CCCCCN=C(COCCO)C(COCCO)=NCCCCN. The van der Waals surface area contributed by atoms with Crippen molar-refractivity contribution in [1.29, 1.82) is 0 Å². The van der Waals surface area contributed by atoms with Gasteiger partial charge < -0.3 is 25.4 Å². The van der Waals surface area contributed by atoms with Crippen LogP contribution in [0.15, 0.2) is 9.98 Å². The van der Waals surface area contributed by atoms with Gasteiger partial charge in [0.1, 0.15) is 0 Å². The van der Waals surface area contributed by atoms with E-state index in [1.54, 1.807) is 0 Å². The third-order valence-corrected chi connectivity index (χ3v) is 3.26. The minimum atomic E-state index is -0.0234. The second-order valence-corrected chi connectivity index (χ2v) is 5.41. The highest BCUT2D eigenvalue weighted by Gasteiger charge is 2.10. The van der Waals surface area contributed by atoms with Crippen molar-refractivity contribution in [1.82, 2.24) is 0 Å². The Labute approximate surface area is 146 Å². The molecule has 0 spiro atoms. The lowest BCUT2D eigenvalue weighted by molar-refractivity contribution is 0.115. The maximum atomic E-state index is 8.88. The zero-order chi connectivity index (χ0) is 17.9. The Kier molecular flexibility index (Phi) is 17.8. The fourth-order valence-electron chi connectivity index (χ4n) is 1.95. The van der Waals surface area contributed by atoms with Crippen molar-refractivity contribution in [2.75, 3.05) is 59.3 Å².